The average molecular weight is 384 g/mol. The second kappa shape index (κ2) is 6.73. The van der Waals surface area contributed by atoms with Crippen LogP contribution in [0, 0.1) is 0 Å². The summed E-state index contributed by atoms with van der Waals surface area (Å²) in [4.78, 5) is 13.5. The van der Waals surface area contributed by atoms with Gasteiger partial charge in [-0.1, -0.05) is 68.3 Å². The van der Waals surface area contributed by atoms with Crippen LogP contribution < -0.4 is 10.6 Å². The van der Waals surface area contributed by atoms with Gasteiger partial charge in [0.25, 0.3) is 0 Å². The van der Waals surface area contributed by atoms with Crippen molar-refractivity contribution in [1.29, 1.82) is 0 Å². The van der Waals surface area contributed by atoms with Gasteiger partial charge in [0.15, 0.2) is 0 Å². The molecule has 0 spiro atoms. The lowest BCUT2D eigenvalue weighted by Gasteiger charge is -2.09. The number of benzene rings is 2. The molecule has 3 nitrogen and oxygen atoms in total. The van der Waals surface area contributed by atoms with Crippen molar-refractivity contribution < 1.29 is 4.79 Å². The molecule has 0 atom stereocenters. The number of hydrogen-bond donors (Lipinski definition) is 2. The standard InChI is InChI=1S/C14H12Br2N2O/c15-8-11(16)9-17-14(19)18-13-7-3-5-10-4-1-2-6-12(10)13/h1-8H,9H2,(H2,17,18,19)/b11-8-. The van der Waals surface area contributed by atoms with E-state index in [4.69, 9.17) is 0 Å². The molecule has 0 aromatic heterocycles. The highest BCUT2D eigenvalue weighted by Crippen LogP contribution is 2.22. The summed E-state index contributed by atoms with van der Waals surface area (Å²) in [6.07, 6.45) is 0. The Labute approximate surface area is 128 Å². The second-order valence-electron chi connectivity index (χ2n) is 3.89. The van der Waals surface area contributed by atoms with E-state index in [0.29, 0.717) is 6.54 Å². The van der Waals surface area contributed by atoms with Crippen LogP contribution in [-0.4, -0.2) is 12.6 Å². The number of halogens is 2. The number of rotatable bonds is 3. The Balaban J connectivity index is 2.11. The predicted octanol–water partition coefficient (Wildman–Crippen LogP) is 4.59. The number of urea groups is 1. The van der Waals surface area contributed by atoms with Gasteiger partial charge in [0, 0.05) is 9.87 Å². The summed E-state index contributed by atoms with van der Waals surface area (Å²) >= 11 is 6.49. The minimum atomic E-state index is -0.234. The number of hydrogen-bond acceptors (Lipinski definition) is 1. The Morgan fingerprint density at radius 2 is 1.89 bits per heavy atom. The number of amides is 2. The van der Waals surface area contributed by atoms with Gasteiger partial charge in [0.2, 0.25) is 0 Å². The molecular formula is C14H12Br2N2O. The Hall–Kier alpha value is -1.33. The summed E-state index contributed by atoms with van der Waals surface area (Å²) in [6.45, 7) is 0.432. The minimum absolute atomic E-state index is 0.234. The van der Waals surface area contributed by atoms with Gasteiger partial charge in [0.05, 0.1) is 12.2 Å². The van der Waals surface area contributed by atoms with E-state index in [1.54, 1.807) is 4.99 Å². The predicted molar refractivity (Wildman–Crippen MR) is 86.9 cm³/mol. The summed E-state index contributed by atoms with van der Waals surface area (Å²) in [5.74, 6) is 0. The number of fused-ring (bicyclic) bond motifs is 1. The number of anilines is 1. The minimum Gasteiger partial charge on any atom is -0.333 e. The zero-order valence-corrected chi connectivity index (χ0v) is 13.2. The smallest absolute Gasteiger partial charge is 0.319 e. The van der Waals surface area contributed by atoms with Crippen LogP contribution in [0.2, 0.25) is 0 Å². The first kappa shape index (κ1) is 14.1. The Morgan fingerprint density at radius 3 is 2.68 bits per heavy atom. The van der Waals surface area contributed by atoms with Crippen molar-refractivity contribution in [3.05, 3.63) is 51.9 Å². The van der Waals surface area contributed by atoms with Crippen LogP contribution in [0.1, 0.15) is 0 Å². The third kappa shape index (κ3) is 3.81. The number of carbonyl (C=O) groups is 1. The van der Waals surface area contributed by atoms with E-state index in [9.17, 15) is 4.79 Å². The van der Waals surface area contributed by atoms with Crippen molar-refractivity contribution in [2.75, 3.05) is 11.9 Å². The Bertz CT molecular complexity index is 620. The molecule has 0 aliphatic carbocycles. The lowest BCUT2D eigenvalue weighted by molar-refractivity contribution is 0.253. The third-order valence-electron chi connectivity index (χ3n) is 2.57. The molecule has 0 saturated carbocycles. The number of nitrogens with one attached hydrogen (secondary N) is 2. The highest BCUT2D eigenvalue weighted by Gasteiger charge is 2.04. The van der Waals surface area contributed by atoms with Gasteiger partial charge in [-0.2, -0.15) is 0 Å². The summed E-state index contributed by atoms with van der Waals surface area (Å²) in [7, 11) is 0. The molecule has 0 aliphatic rings. The van der Waals surface area contributed by atoms with Gasteiger partial charge in [0.1, 0.15) is 0 Å². The van der Waals surface area contributed by atoms with Crippen LogP contribution in [0.15, 0.2) is 51.9 Å². The van der Waals surface area contributed by atoms with Crippen molar-refractivity contribution in [2.24, 2.45) is 0 Å². The summed E-state index contributed by atoms with van der Waals surface area (Å²) in [5, 5.41) is 7.72. The first-order chi connectivity index (χ1) is 9.20. The zero-order chi connectivity index (χ0) is 13.7. The number of carbonyl (C=O) groups excluding carboxylic acids is 1. The topological polar surface area (TPSA) is 41.1 Å². The van der Waals surface area contributed by atoms with Crippen LogP contribution in [0.3, 0.4) is 0 Å². The van der Waals surface area contributed by atoms with Crippen molar-refractivity contribution in [2.45, 2.75) is 0 Å². The second-order valence-corrected chi connectivity index (χ2v) is 5.37. The van der Waals surface area contributed by atoms with Crippen LogP contribution in [0.25, 0.3) is 10.8 Å². The van der Waals surface area contributed by atoms with E-state index >= 15 is 0 Å². The molecule has 98 valence electrons. The van der Waals surface area contributed by atoms with E-state index < -0.39 is 0 Å². The molecule has 2 rings (SSSR count). The Morgan fingerprint density at radius 1 is 1.16 bits per heavy atom. The first-order valence-electron chi connectivity index (χ1n) is 5.68. The zero-order valence-electron chi connectivity index (χ0n) is 9.99. The van der Waals surface area contributed by atoms with Gasteiger partial charge in [-0.05, 0) is 16.4 Å². The SMILES string of the molecule is O=C(NC/C(Br)=C/Br)Nc1cccc2ccccc12. The van der Waals surface area contributed by atoms with Crippen LogP contribution >= 0.6 is 31.9 Å². The van der Waals surface area contributed by atoms with Crippen molar-refractivity contribution in [1.82, 2.24) is 5.32 Å². The molecule has 5 heteroatoms. The maximum absolute atomic E-state index is 11.8. The lowest BCUT2D eigenvalue weighted by atomic mass is 10.1. The van der Waals surface area contributed by atoms with Crippen LogP contribution in [0.5, 0.6) is 0 Å². The fourth-order valence-corrected chi connectivity index (χ4v) is 2.01. The molecule has 0 fully saturated rings. The summed E-state index contributed by atoms with van der Waals surface area (Å²) in [5.41, 5.74) is 0.801. The van der Waals surface area contributed by atoms with E-state index in [-0.39, 0.29) is 6.03 Å². The Kier molecular flexibility index (Phi) is 4.99. The van der Waals surface area contributed by atoms with Crippen molar-refractivity contribution in [3.63, 3.8) is 0 Å². The molecule has 0 bridgehead atoms. The van der Waals surface area contributed by atoms with Crippen LogP contribution in [0.4, 0.5) is 10.5 Å². The lowest BCUT2D eigenvalue weighted by Crippen LogP contribution is -2.29. The fraction of sp³-hybridized carbons (Fsp3) is 0.0714. The van der Waals surface area contributed by atoms with Gasteiger partial charge in [-0.25, -0.2) is 4.79 Å². The molecule has 0 heterocycles. The van der Waals surface area contributed by atoms with E-state index in [0.717, 1.165) is 20.9 Å². The quantitative estimate of drug-likeness (QED) is 0.799. The van der Waals surface area contributed by atoms with Gasteiger partial charge in [-0.3, -0.25) is 0 Å². The highest BCUT2D eigenvalue weighted by atomic mass is 79.9. The monoisotopic (exact) mass is 382 g/mol. The summed E-state index contributed by atoms with van der Waals surface area (Å²) in [6, 6.07) is 13.5. The average Bonchev–Trinajstić information content (AvgIpc) is 2.45. The molecule has 0 saturated heterocycles. The van der Waals surface area contributed by atoms with Crippen molar-refractivity contribution in [3.8, 4) is 0 Å². The maximum Gasteiger partial charge on any atom is 0.319 e. The fourth-order valence-electron chi connectivity index (χ4n) is 1.70. The molecule has 2 aromatic carbocycles. The molecule has 2 aromatic rings. The molecule has 0 unspecified atom stereocenters. The normalized spacial score (nSPS) is 11.4. The first-order valence-corrected chi connectivity index (χ1v) is 7.39. The van der Waals surface area contributed by atoms with Crippen molar-refractivity contribution >= 4 is 54.4 Å². The molecule has 19 heavy (non-hydrogen) atoms. The molecule has 2 amide bonds. The van der Waals surface area contributed by atoms with Gasteiger partial charge in [-0.15, -0.1) is 0 Å². The molecule has 0 radical (unpaired) electrons. The van der Waals surface area contributed by atoms with E-state index in [1.807, 2.05) is 42.5 Å². The van der Waals surface area contributed by atoms with Crippen LogP contribution in [-0.2, 0) is 0 Å². The third-order valence-corrected chi connectivity index (χ3v) is 4.25. The largest absolute Gasteiger partial charge is 0.333 e. The van der Waals surface area contributed by atoms with Gasteiger partial charge < -0.3 is 10.6 Å². The molecule has 0 aliphatic heterocycles. The molecular weight excluding hydrogens is 372 g/mol. The molecule has 2 N–H and O–H groups in total. The van der Waals surface area contributed by atoms with E-state index in [2.05, 4.69) is 42.5 Å². The van der Waals surface area contributed by atoms with E-state index in [1.165, 1.54) is 0 Å². The van der Waals surface area contributed by atoms with Gasteiger partial charge >= 0.3 is 6.03 Å². The highest BCUT2D eigenvalue weighted by molar-refractivity contribution is 9.14. The summed E-state index contributed by atoms with van der Waals surface area (Å²) < 4.78 is 0.862. The maximum atomic E-state index is 11.8.